The molecular weight excluding hydrogens is 328 g/mol. The Morgan fingerprint density at radius 2 is 1.96 bits per heavy atom. The second kappa shape index (κ2) is 8.81. The predicted octanol–water partition coefficient (Wildman–Crippen LogP) is 2.75. The minimum atomic E-state index is -0.0551. The van der Waals surface area contributed by atoms with E-state index in [1.54, 1.807) is 10.6 Å². The van der Waals surface area contributed by atoms with Crippen LogP contribution in [0.3, 0.4) is 0 Å². The zero-order valence-electron chi connectivity index (χ0n) is 15.3. The van der Waals surface area contributed by atoms with Gasteiger partial charge >= 0.3 is 0 Å². The highest BCUT2D eigenvalue weighted by Gasteiger charge is 2.24. The molecule has 138 valence electrons. The first kappa shape index (κ1) is 18.4. The number of hydrogen-bond donors (Lipinski definition) is 0. The van der Waals surface area contributed by atoms with E-state index in [1.165, 1.54) is 6.07 Å². The van der Waals surface area contributed by atoms with Gasteiger partial charge in [-0.15, -0.1) is 0 Å². The number of hydrogen-bond acceptors (Lipinski definition) is 3. The monoisotopic (exact) mass is 354 g/mol. The van der Waals surface area contributed by atoms with Gasteiger partial charge in [0.05, 0.1) is 12.7 Å². The second-order valence-electron chi connectivity index (χ2n) is 6.81. The number of carbonyl (C=O) groups excluding carboxylic acids is 1. The molecule has 0 spiro atoms. The van der Waals surface area contributed by atoms with Crippen molar-refractivity contribution in [3.63, 3.8) is 0 Å². The van der Waals surface area contributed by atoms with Gasteiger partial charge in [0.2, 0.25) is 5.91 Å². The van der Waals surface area contributed by atoms with Crippen LogP contribution in [0.5, 0.6) is 0 Å². The summed E-state index contributed by atoms with van der Waals surface area (Å²) in [7, 11) is 0. The van der Waals surface area contributed by atoms with Crippen LogP contribution in [0.1, 0.15) is 30.5 Å². The van der Waals surface area contributed by atoms with Gasteiger partial charge in [-0.3, -0.25) is 9.59 Å². The molecule has 0 bridgehead atoms. The predicted molar refractivity (Wildman–Crippen MR) is 101 cm³/mol. The summed E-state index contributed by atoms with van der Waals surface area (Å²) in [5.74, 6) is 0.0909. The Kier molecular flexibility index (Phi) is 6.23. The average Bonchev–Trinajstić information content (AvgIpc) is 2.67. The van der Waals surface area contributed by atoms with Gasteiger partial charge in [-0.1, -0.05) is 36.4 Å². The number of pyridine rings is 1. The first-order valence-corrected chi connectivity index (χ1v) is 9.23. The molecule has 2 heterocycles. The van der Waals surface area contributed by atoms with Crippen LogP contribution in [-0.4, -0.2) is 34.6 Å². The van der Waals surface area contributed by atoms with Crippen molar-refractivity contribution in [1.29, 1.82) is 0 Å². The molecule has 0 saturated carbocycles. The topological polar surface area (TPSA) is 51.5 Å². The van der Waals surface area contributed by atoms with Crippen LogP contribution >= 0.6 is 0 Å². The van der Waals surface area contributed by atoms with Crippen LogP contribution in [0.4, 0.5) is 0 Å². The summed E-state index contributed by atoms with van der Waals surface area (Å²) in [6.45, 7) is 4.30. The first-order chi connectivity index (χ1) is 12.6. The summed E-state index contributed by atoms with van der Waals surface area (Å²) in [6, 6.07) is 15.3. The Morgan fingerprint density at radius 3 is 2.73 bits per heavy atom. The molecule has 26 heavy (non-hydrogen) atoms. The maximum atomic E-state index is 12.6. The minimum Gasteiger partial charge on any atom is -0.372 e. The van der Waals surface area contributed by atoms with Gasteiger partial charge in [0.15, 0.2) is 0 Å². The zero-order valence-corrected chi connectivity index (χ0v) is 15.3. The SMILES string of the molecule is Cc1cccc(=O)n1CCC(=O)N1CCC[C@H](OCc2ccccc2)C1. The highest BCUT2D eigenvalue weighted by molar-refractivity contribution is 5.76. The normalized spacial score (nSPS) is 17.3. The zero-order chi connectivity index (χ0) is 18.4. The molecule has 1 aliphatic rings. The molecule has 1 aromatic carbocycles. The lowest BCUT2D eigenvalue weighted by Gasteiger charge is -2.33. The van der Waals surface area contributed by atoms with Crippen LogP contribution in [0, 0.1) is 6.92 Å². The van der Waals surface area contributed by atoms with Gasteiger partial charge in [-0.2, -0.15) is 0 Å². The number of nitrogens with zero attached hydrogens (tertiary/aromatic N) is 2. The van der Waals surface area contributed by atoms with Crippen molar-refractivity contribution in [2.24, 2.45) is 0 Å². The van der Waals surface area contributed by atoms with Crippen LogP contribution in [0.2, 0.25) is 0 Å². The number of piperidine rings is 1. The number of benzene rings is 1. The molecule has 1 aliphatic heterocycles. The van der Waals surface area contributed by atoms with Crippen molar-refractivity contribution in [3.8, 4) is 0 Å². The molecule has 1 aromatic heterocycles. The molecule has 1 atom stereocenters. The van der Waals surface area contributed by atoms with Crippen LogP contribution in [0.25, 0.3) is 0 Å². The molecule has 5 heteroatoms. The van der Waals surface area contributed by atoms with Gasteiger partial charge < -0.3 is 14.2 Å². The average molecular weight is 354 g/mol. The third-order valence-electron chi connectivity index (χ3n) is 4.88. The quantitative estimate of drug-likeness (QED) is 0.801. The Balaban J connectivity index is 1.50. The third-order valence-corrected chi connectivity index (χ3v) is 4.88. The summed E-state index contributed by atoms with van der Waals surface area (Å²) in [5, 5.41) is 0. The molecule has 0 N–H and O–H groups in total. The number of aromatic nitrogens is 1. The summed E-state index contributed by atoms with van der Waals surface area (Å²) in [4.78, 5) is 26.4. The summed E-state index contributed by atoms with van der Waals surface area (Å²) in [5.41, 5.74) is 1.98. The van der Waals surface area contributed by atoms with Crippen molar-refractivity contribution in [2.45, 2.75) is 45.4 Å². The second-order valence-corrected chi connectivity index (χ2v) is 6.81. The van der Waals surface area contributed by atoms with E-state index in [0.717, 1.165) is 30.6 Å². The Morgan fingerprint density at radius 1 is 1.15 bits per heavy atom. The molecule has 0 unspecified atom stereocenters. The van der Waals surface area contributed by atoms with Crippen molar-refractivity contribution in [3.05, 3.63) is 70.1 Å². The molecule has 0 aliphatic carbocycles. The fourth-order valence-corrected chi connectivity index (χ4v) is 3.36. The molecule has 1 fully saturated rings. The molecule has 5 nitrogen and oxygen atoms in total. The van der Waals surface area contributed by atoms with Gasteiger partial charge in [0, 0.05) is 37.8 Å². The van der Waals surface area contributed by atoms with E-state index in [9.17, 15) is 9.59 Å². The lowest BCUT2D eigenvalue weighted by molar-refractivity contribution is -0.135. The highest BCUT2D eigenvalue weighted by atomic mass is 16.5. The fraction of sp³-hybridized carbons (Fsp3) is 0.429. The van der Waals surface area contributed by atoms with Crippen molar-refractivity contribution in [1.82, 2.24) is 9.47 Å². The van der Waals surface area contributed by atoms with Crippen LogP contribution < -0.4 is 5.56 Å². The number of aryl methyl sites for hydroxylation is 1. The molecule has 1 saturated heterocycles. The lowest BCUT2D eigenvalue weighted by Crippen LogP contribution is -2.43. The Labute approximate surface area is 154 Å². The van der Waals surface area contributed by atoms with E-state index in [0.29, 0.717) is 26.1 Å². The summed E-state index contributed by atoms with van der Waals surface area (Å²) >= 11 is 0. The number of ether oxygens (including phenoxy) is 1. The van der Waals surface area contributed by atoms with E-state index < -0.39 is 0 Å². The van der Waals surface area contributed by atoms with Gasteiger partial charge in [-0.25, -0.2) is 0 Å². The van der Waals surface area contributed by atoms with Gasteiger partial charge in [-0.05, 0) is 31.4 Å². The first-order valence-electron chi connectivity index (χ1n) is 9.23. The molecule has 3 rings (SSSR count). The van der Waals surface area contributed by atoms with E-state index in [-0.39, 0.29) is 17.6 Å². The smallest absolute Gasteiger partial charge is 0.250 e. The van der Waals surface area contributed by atoms with Crippen molar-refractivity contribution >= 4 is 5.91 Å². The summed E-state index contributed by atoms with van der Waals surface area (Å²) in [6.07, 6.45) is 2.36. The molecule has 0 radical (unpaired) electrons. The Hall–Kier alpha value is -2.40. The number of likely N-dealkylation sites (tertiary alicyclic amines) is 1. The third kappa shape index (κ3) is 4.82. The van der Waals surface area contributed by atoms with Gasteiger partial charge in [0.1, 0.15) is 0 Å². The van der Waals surface area contributed by atoms with E-state index in [4.69, 9.17) is 4.74 Å². The largest absolute Gasteiger partial charge is 0.372 e. The maximum Gasteiger partial charge on any atom is 0.250 e. The molecule has 1 amide bonds. The lowest BCUT2D eigenvalue weighted by atomic mass is 10.1. The fourth-order valence-electron chi connectivity index (χ4n) is 3.36. The summed E-state index contributed by atoms with van der Waals surface area (Å²) < 4.78 is 7.66. The van der Waals surface area contributed by atoms with Crippen molar-refractivity contribution < 1.29 is 9.53 Å². The maximum absolute atomic E-state index is 12.6. The highest BCUT2D eigenvalue weighted by Crippen LogP contribution is 2.16. The Bertz CT molecular complexity index is 785. The minimum absolute atomic E-state index is 0.0551. The van der Waals surface area contributed by atoms with Crippen LogP contribution in [-0.2, 0) is 22.7 Å². The van der Waals surface area contributed by atoms with E-state index in [1.807, 2.05) is 48.2 Å². The van der Waals surface area contributed by atoms with E-state index in [2.05, 4.69) is 0 Å². The number of amides is 1. The van der Waals surface area contributed by atoms with Crippen LogP contribution in [0.15, 0.2) is 53.3 Å². The standard InChI is InChI=1S/C21H26N2O3/c1-17-7-5-11-21(25)23(17)14-12-20(24)22-13-6-10-19(15-22)26-16-18-8-3-2-4-9-18/h2-5,7-9,11,19H,6,10,12-16H2,1H3/t19-/m0/s1. The van der Waals surface area contributed by atoms with Gasteiger partial charge in [0.25, 0.3) is 5.56 Å². The molecule has 2 aromatic rings. The van der Waals surface area contributed by atoms with E-state index >= 15 is 0 Å². The van der Waals surface area contributed by atoms with Crippen molar-refractivity contribution in [2.75, 3.05) is 13.1 Å². The number of carbonyl (C=O) groups is 1. The number of rotatable bonds is 6. The molecular formula is C21H26N2O3.